The van der Waals surface area contributed by atoms with E-state index in [4.69, 9.17) is 9.47 Å². The maximum absolute atomic E-state index is 13.1. The van der Waals surface area contributed by atoms with Crippen LogP contribution in [0.2, 0.25) is 0 Å². The minimum Gasteiger partial charge on any atom is -0.475 e. The van der Waals surface area contributed by atoms with Crippen molar-refractivity contribution in [2.45, 2.75) is 39.2 Å². The topological polar surface area (TPSA) is 125 Å². The number of aromatic carboxylic acids is 1. The van der Waals surface area contributed by atoms with Crippen LogP contribution in [-0.2, 0) is 20.7 Å². The Morgan fingerprint density at radius 2 is 1.93 bits per heavy atom. The highest BCUT2D eigenvalue weighted by molar-refractivity contribution is 6.05. The van der Waals surface area contributed by atoms with Crippen LogP contribution in [0, 0.1) is 0 Å². The number of ether oxygens (including phenoxy) is 2. The van der Waals surface area contributed by atoms with E-state index in [0.717, 1.165) is 0 Å². The molecule has 1 heterocycles. The van der Waals surface area contributed by atoms with Gasteiger partial charge in [0.15, 0.2) is 11.5 Å². The maximum Gasteiger partial charge on any atom is 0.372 e. The second kappa shape index (κ2) is 8.48. The quantitative estimate of drug-likeness (QED) is 0.685. The number of ketones is 1. The average molecular weight is 414 g/mol. The van der Waals surface area contributed by atoms with E-state index in [1.165, 1.54) is 10.8 Å². The summed E-state index contributed by atoms with van der Waals surface area (Å²) in [6, 6.07) is 4.19. The van der Waals surface area contributed by atoms with E-state index < -0.39 is 35.7 Å². The third kappa shape index (κ3) is 3.70. The molecular formula is C21H22N2O7. The molecule has 2 atom stereocenters. The number of hydrogen-bond acceptors (Lipinski definition) is 7. The summed E-state index contributed by atoms with van der Waals surface area (Å²) in [5.41, 5.74) is 1.55. The molecule has 1 aliphatic carbocycles. The van der Waals surface area contributed by atoms with Gasteiger partial charge in [-0.2, -0.15) is 0 Å². The van der Waals surface area contributed by atoms with Gasteiger partial charge in [0.05, 0.1) is 19.1 Å². The van der Waals surface area contributed by atoms with Crippen molar-refractivity contribution < 1.29 is 33.8 Å². The summed E-state index contributed by atoms with van der Waals surface area (Å²) in [5, 5.41) is 9.52. The predicted molar refractivity (Wildman–Crippen MR) is 104 cm³/mol. The fourth-order valence-corrected chi connectivity index (χ4v) is 3.65. The number of benzene rings is 1. The molecule has 0 amide bonds. The molecule has 0 saturated heterocycles. The zero-order valence-corrected chi connectivity index (χ0v) is 16.9. The molecule has 9 heteroatoms. The Morgan fingerprint density at radius 3 is 2.57 bits per heavy atom. The van der Waals surface area contributed by atoms with Gasteiger partial charge in [0.2, 0.25) is 5.82 Å². The van der Waals surface area contributed by atoms with Crippen LogP contribution >= 0.6 is 0 Å². The standard InChI is InChI=1S/C21H22N2O7/c1-4-29-20(27)11(3)12-7-6-8-13-14(12)9-16(17(13)24)23-10-15(21(28)30-5-2)22-18(23)19(25)26/h6-8,10-11,16H,4-5,9H2,1-3H3,(H,25,26). The summed E-state index contributed by atoms with van der Waals surface area (Å²) in [6.45, 7) is 5.39. The van der Waals surface area contributed by atoms with Gasteiger partial charge in [-0.25, -0.2) is 14.6 Å². The van der Waals surface area contributed by atoms with E-state index in [9.17, 15) is 24.3 Å². The van der Waals surface area contributed by atoms with Crippen LogP contribution in [0.5, 0.6) is 0 Å². The summed E-state index contributed by atoms with van der Waals surface area (Å²) in [6.07, 6.45) is 1.40. The van der Waals surface area contributed by atoms with E-state index in [0.29, 0.717) is 16.7 Å². The van der Waals surface area contributed by atoms with Crippen molar-refractivity contribution >= 4 is 23.7 Å². The smallest absolute Gasteiger partial charge is 0.372 e. The van der Waals surface area contributed by atoms with E-state index in [2.05, 4.69) is 4.98 Å². The van der Waals surface area contributed by atoms with Gasteiger partial charge >= 0.3 is 17.9 Å². The third-order valence-corrected chi connectivity index (χ3v) is 5.03. The monoisotopic (exact) mass is 414 g/mol. The fraction of sp³-hybridized carbons (Fsp3) is 0.381. The third-order valence-electron chi connectivity index (χ3n) is 5.03. The minimum atomic E-state index is -1.37. The minimum absolute atomic E-state index is 0.108. The molecule has 0 aliphatic heterocycles. The highest BCUT2D eigenvalue weighted by atomic mass is 16.5. The number of carbonyl (C=O) groups is 4. The first-order chi connectivity index (χ1) is 14.3. The van der Waals surface area contributed by atoms with Crippen LogP contribution in [0.4, 0.5) is 0 Å². The molecule has 1 N–H and O–H groups in total. The Morgan fingerprint density at radius 1 is 1.23 bits per heavy atom. The first-order valence-corrected chi connectivity index (χ1v) is 9.62. The Kier molecular flexibility index (Phi) is 6.00. The molecule has 0 fully saturated rings. The van der Waals surface area contributed by atoms with E-state index in [1.54, 1.807) is 39.0 Å². The SMILES string of the molecule is CCOC(=O)c1cn(C2Cc3c(cccc3C(C)C(=O)OCC)C2=O)c(C(=O)O)n1. The van der Waals surface area contributed by atoms with Crippen LogP contribution in [0.1, 0.15) is 75.3 Å². The number of esters is 2. The molecule has 30 heavy (non-hydrogen) atoms. The number of carbonyl (C=O) groups excluding carboxylic acids is 3. The lowest BCUT2D eigenvalue weighted by Gasteiger charge is -2.15. The summed E-state index contributed by atoms with van der Waals surface area (Å²) < 4.78 is 11.2. The number of carboxylic acid groups (broad SMARTS) is 1. The number of hydrogen-bond donors (Lipinski definition) is 1. The first kappa shape index (κ1) is 21.2. The molecule has 9 nitrogen and oxygen atoms in total. The van der Waals surface area contributed by atoms with Crippen molar-refractivity contribution in [3.05, 3.63) is 52.6 Å². The molecule has 1 aromatic carbocycles. The molecule has 1 aromatic heterocycles. The fourth-order valence-electron chi connectivity index (χ4n) is 3.65. The van der Waals surface area contributed by atoms with Crippen molar-refractivity contribution in [2.24, 2.45) is 0 Å². The molecule has 2 aromatic rings. The van der Waals surface area contributed by atoms with E-state index >= 15 is 0 Å². The lowest BCUT2D eigenvalue weighted by molar-refractivity contribution is -0.144. The Balaban J connectivity index is 2.01. The van der Waals surface area contributed by atoms with Gasteiger partial charge in [-0.3, -0.25) is 9.59 Å². The van der Waals surface area contributed by atoms with Gasteiger partial charge in [0.1, 0.15) is 6.04 Å². The number of carboxylic acids is 1. The number of Topliss-reactive ketones (excluding diaryl/α,β-unsaturated/α-hetero) is 1. The highest BCUT2D eigenvalue weighted by Gasteiger charge is 2.37. The number of fused-ring (bicyclic) bond motifs is 1. The zero-order valence-electron chi connectivity index (χ0n) is 16.9. The second-order valence-electron chi connectivity index (χ2n) is 6.81. The molecule has 0 radical (unpaired) electrons. The van der Waals surface area contributed by atoms with Crippen LogP contribution in [0.3, 0.4) is 0 Å². The second-order valence-corrected chi connectivity index (χ2v) is 6.81. The lowest BCUT2D eigenvalue weighted by Crippen LogP contribution is -2.20. The van der Waals surface area contributed by atoms with Crippen LogP contribution < -0.4 is 0 Å². The highest BCUT2D eigenvalue weighted by Crippen LogP contribution is 2.36. The number of imidazole rings is 1. The van der Waals surface area contributed by atoms with Crippen LogP contribution in [-0.4, -0.2) is 51.6 Å². The zero-order chi connectivity index (χ0) is 22.0. The number of nitrogens with zero attached hydrogens (tertiary/aromatic N) is 2. The molecule has 2 unspecified atom stereocenters. The normalized spacial score (nSPS) is 16.1. The predicted octanol–water partition coefficient (Wildman–Crippen LogP) is 2.40. The molecular weight excluding hydrogens is 392 g/mol. The van der Waals surface area contributed by atoms with Crippen molar-refractivity contribution in [3.8, 4) is 0 Å². The Bertz CT molecular complexity index is 1020. The van der Waals surface area contributed by atoms with E-state index in [-0.39, 0.29) is 31.1 Å². The van der Waals surface area contributed by atoms with Gasteiger partial charge in [0, 0.05) is 18.2 Å². The molecule has 3 rings (SSSR count). The van der Waals surface area contributed by atoms with Crippen molar-refractivity contribution in [2.75, 3.05) is 13.2 Å². The summed E-state index contributed by atoms with van der Waals surface area (Å²) in [4.78, 5) is 52.8. The van der Waals surface area contributed by atoms with Gasteiger partial charge in [-0.1, -0.05) is 18.2 Å². The first-order valence-electron chi connectivity index (χ1n) is 9.62. The van der Waals surface area contributed by atoms with Crippen molar-refractivity contribution in [1.29, 1.82) is 0 Å². The summed E-state index contributed by atoms with van der Waals surface area (Å²) in [5.74, 6) is -3.85. The van der Waals surface area contributed by atoms with Gasteiger partial charge < -0.3 is 19.1 Å². The number of aromatic nitrogens is 2. The lowest BCUT2D eigenvalue weighted by atomic mass is 9.93. The molecule has 1 aliphatic rings. The van der Waals surface area contributed by atoms with E-state index in [1.807, 2.05) is 0 Å². The summed E-state index contributed by atoms with van der Waals surface area (Å²) >= 11 is 0. The Labute approximate surface area is 172 Å². The van der Waals surface area contributed by atoms with Gasteiger partial charge in [0.25, 0.3) is 0 Å². The largest absolute Gasteiger partial charge is 0.475 e. The van der Waals surface area contributed by atoms with Crippen molar-refractivity contribution in [1.82, 2.24) is 9.55 Å². The Hall–Kier alpha value is -3.49. The maximum atomic E-state index is 13.1. The van der Waals surface area contributed by atoms with Crippen molar-refractivity contribution in [3.63, 3.8) is 0 Å². The van der Waals surface area contributed by atoms with Crippen LogP contribution in [0.15, 0.2) is 24.4 Å². The number of rotatable bonds is 7. The molecule has 0 bridgehead atoms. The molecule has 0 saturated carbocycles. The molecule has 158 valence electrons. The van der Waals surface area contributed by atoms with Gasteiger partial charge in [-0.05, 0) is 31.9 Å². The molecule has 0 spiro atoms. The van der Waals surface area contributed by atoms with Gasteiger partial charge in [-0.15, -0.1) is 0 Å². The summed E-state index contributed by atoms with van der Waals surface area (Å²) in [7, 11) is 0. The van der Waals surface area contributed by atoms with Crippen LogP contribution in [0.25, 0.3) is 0 Å². The average Bonchev–Trinajstić information content (AvgIpc) is 3.30.